The number of nitrogens with one attached hydrogen (secondary N) is 2. The molecule has 0 bridgehead atoms. The van der Waals surface area contributed by atoms with E-state index in [1.807, 2.05) is 43.0 Å². The molecule has 2 unspecified atom stereocenters. The number of carbonyl (C=O) groups excluding carboxylic acids is 1. The highest BCUT2D eigenvalue weighted by Gasteiger charge is 2.42. The average molecular weight is 416 g/mol. The standard InChI is InChI=1S/C21H25N3O4S/c1-3-10-28-20-9-8-16(11-14(20)2)29(26,27)23-15-12-19-21(25)22-17-6-4-5-7-18(17)24(19)13-15/h4-9,11,15,19,23H,3,10,12-13H2,1-2H3,(H,22,25). The van der Waals surface area contributed by atoms with Gasteiger partial charge >= 0.3 is 0 Å². The molecule has 2 aromatic rings. The van der Waals surface area contributed by atoms with E-state index in [9.17, 15) is 13.2 Å². The van der Waals surface area contributed by atoms with E-state index in [4.69, 9.17) is 4.74 Å². The van der Waals surface area contributed by atoms with Gasteiger partial charge in [0, 0.05) is 12.6 Å². The molecule has 0 radical (unpaired) electrons. The van der Waals surface area contributed by atoms with Crippen LogP contribution in [-0.2, 0) is 14.8 Å². The molecular weight excluding hydrogens is 390 g/mol. The predicted molar refractivity (Wildman–Crippen MR) is 112 cm³/mol. The first-order valence-electron chi connectivity index (χ1n) is 9.81. The maximum Gasteiger partial charge on any atom is 0.247 e. The molecule has 1 fully saturated rings. The highest BCUT2D eigenvalue weighted by Crippen LogP contribution is 2.36. The van der Waals surface area contributed by atoms with E-state index in [0.29, 0.717) is 25.3 Å². The molecule has 2 N–H and O–H groups in total. The Labute approximate surface area is 171 Å². The van der Waals surface area contributed by atoms with E-state index in [1.165, 1.54) is 0 Å². The predicted octanol–water partition coefficient (Wildman–Crippen LogP) is 2.66. The Kier molecular flexibility index (Phi) is 5.23. The van der Waals surface area contributed by atoms with Crippen molar-refractivity contribution in [2.24, 2.45) is 0 Å². The lowest BCUT2D eigenvalue weighted by molar-refractivity contribution is -0.117. The second kappa shape index (κ2) is 7.68. The number of sulfonamides is 1. The summed E-state index contributed by atoms with van der Waals surface area (Å²) in [5.41, 5.74) is 2.46. The lowest BCUT2D eigenvalue weighted by Crippen LogP contribution is -2.44. The summed E-state index contributed by atoms with van der Waals surface area (Å²) in [5.74, 6) is 0.593. The van der Waals surface area contributed by atoms with Crippen molar-refractivity contribution in [2.45, 2.75) is 43.7 Å². The second-order valence-electron chi connectivity index (χ2n) is 7.50. The summed E-state index contributed by atoms with van der Waals surface area (Å²) in [6.45, 7) is 4.89. The molecule has 2 aliphatic rings. The third-order valence-corrected chi connectivity index (χ3v) is 6.83. The first-order valence-corrected chi connectivity index (χ1v) is 11.3. The van der Waals surface area contributed by atoms with Crippen molar-refractivity contribution in [3.8, 4) is 5.75 Å². The molecule has 0 aliphatic carbocycles. The van der Waals surface area contributed by atoms with Crippen molar-refractivity contribution in [2.75, 3.05) is 23.4 Å². The first-order chi connectivity index (χ1) is 13.9. The van der Waals surface area contributed by atoms with E-state index < -0.39 is 10.0 Å². The van der Waals surface area contributed by atoms with Gasteiger partial charge in [-0.3, -0.25) is 4.79 Å². The molecule has 1 amide bonds. The number of aryl methyl sites for hydroxylation is 1. The van der Waals surface area contributed by atoms with Gasteiger partial charge in [-0.25, -0.2) is 13.1 Å². The molecule has 2 heterocycles. The van der Waals surface area contributed by atoms with Crippen LogP contribution in [0.2, 0.25) is 0 Å². The van der Waals surface area contributed by atoms with Crippen molar-refractivity contribution in [3.63, 3.8) is 0 Å². The van der Waals surface area contributed by atoms with Crippen LogP contribution in [0.5, 0.6) is 5.75 Å². The normalized spacial score (nSPS) is 20.8. The van der Waals surface area contributed by atoms with Gasteiger partial charge in [0.25, 0.3) is 0 Å². The van der Waals surface area contributed by atoms with Crippen LogP contribution in [0, 0.1) is 6.92 Å². The third kappa shape index (κ3) is 3.82. The summed E-state index contributed by atoms with van der Waals surface area (Å²) >= 11 is 0. The SMILES string of the molecule is CCCOc1ccc(S(=O)(=O)NC2CC3C(=O)Nc4ccccc4N3C2)cc1C. The monoisotopic (exact) mass is 415 g/mol. The van der Waals surface area contributed by atoms with Crippen molar-refractivity contribution >= 4 is 27.3 Å². The second-order valence-corrected chi connectivity index (χ2v) is 9.22. The molecule has 154 valence electrons. The highest BCUT2D eigenvalue weighted by molar-refractivity contribution is 7.89. The number of para-hydroxylation sites is 2. The number of benzene rings is 2. The van der Waals surface area contributed by atoms with Gasteiger partial charge in [0.05, 0.1) is 22.9 Å². The zero-order valence-corrected chi connectivity index (χ0v) is 17.3. The molecule has 29 heavy (non-hydrogen) atoms. The zero-order chi connectivity index (χ0) is 20.6. The summed E-state index contributed by atoms with van der Waals surface area (Å²) in [6.07, 6.45) is 1.31. The molecule has 0 spiro atoms. The maximum atomic E-state index is 12.9. The minimum Gasteiger partial charge on any atom is -0.493 e. The van der Waals surface area contributed by atoms with Crippen LogP contribution in [0.1, 0.15) is 25.3 Å². The van der Waals surface area contributed by atoms with Crippen LogP contribution in [0.4, 0.5) is 11.4 Å². The van der Waals surface area contributed by atoms with Gasteiger partial charge in [0.2, 0.25) is 15.9 Å². The number of rotatable bonds is 6. The topological polar surface area (TPSA) is 87.7 Å². The first kappa shape index (κ1) is 19.7. The zero-order valence-electron chi connectivity index (χ0n) is 16.5. The molecule has 1 saturated heterocycles. The highest BCUT2D eigenvalue weighted by atomic mass is 32.2. The Morgan fingerprint density at radius 1 is 1.24 bits per heavy atom. The average Bonchev–Trinajstić information content (AvgIpc) is 3.11. The molecule has 0 aromatic heterocycles. The van der Waals surface area contributed by atoms with Gasteiger partial charge in [-0.15, -0.1) is 0 Å². The number of carbonyl (C=O) groups is 1. The molecule has 7 nitrogen and oxygen atoms in total. The van der Waals surface area contributed by atoms with Gasteiger partial charge in [0.15, 0.2) is 0 Å². The molecule has 2 aromatic carbocycles. The third-order valence-electron chi connectivity index (χ3n) is 5.32. The number of fused-ring (bicyclic) bond motifs is 3. The minimum atomic E-state index is -3.71. The van der Waals surface area contributed by atoms with Gasteiger partial charge in [0.1, 0.15) is 11.8 Å². The molecule has 2 aliphatic heterocycles. The minimum absolute atomic E-state index is 0.0985. The number of ether oxygens (including phenoxy) is 1. The van der Waals surface area contributed by atoms with Crippen LogP contribution >= 0.6 is 0 Å². The fourth-order valence-corrected chi connectivity index (χ4v) is 5.26. The Balaban J connectivity index is 1.51. The molecule has 4 rings (SSSR count). The smallest absolute Gasteiger partial charge is 0.247 e. The fraction of sp³-hybridized carbons (Fsp3) is 0.381. The number of hydrogen-bond acceptors (Lipinski definition) is 5. The van der Waals surface area contributed by atoms with E-state index in [2.05, 4.69) is 10.0 Å². The van der Waals surface area contributed by atoms with Gasteiger partial charge in [-0.2, -0.15) is 0 Å². The Bertz CT molecular complexity index is 1040. The lowest BCUT2D eigenvalue weighted by Gasteiger charge is -2.32. The van der Waals surface area contributed by atoms with Crippen molar-refractivity contribution in [1.82, 2.24) is 4.72 Å². The maximum absolute atomic E-state index is 12.9. The van der Waals surface area contributed by atoms with Crippen LogP contribution < -0.4 is 19.7 Å². The van der Waals surface area contributed by atoms with E-state index in [-0.39, 0.29) is 22.9 Å². The van der Waals surface area contributed by atoms with E-state index >= 15 is 0 Å². The van der Waals surface area contributed by atoms with Gasteiger partial charge < -0.3 is 15.0 Å². The summed E-state index contributed by atoms with van der Waals surface area (Å²) in [6, 6.07) is 11.7. The van der Waals surface area contributed by atoms with Crippen molar-refractivity contribution < 1.29 is 17.9 Å². The number of hydrogen-bond donors (Lipinski definition) is 2. The largest absolute Gasteiger partial charge is 0.493 e. The van der Waals surface area contributed by atoms with Crippen molar-refractivity contribution in [1.29, 1.82) is 0 Å². The molecule has 0 saturated carbocycles. The Hall–Kier alpha value is -2.58. The molecular formula is C21H25N3O4S. The van der Waals surface area contributed by atoms with Crippen LogP contribution in [-0.4, -0.2) is 39.6 Å². The van der Waals surface area contributed by atoms with Crippen LogP contribution in [0.3, 0.4) is 0 Å². The fourth-order valence-electron chi connectivity index (χ4n) is 3.93. The summed E-state index contributed by atoms with van der Waals surface area (Å²) < 4.78 is 34.3. The van der Waals surface area contributed by atoms with E-state index in [1.54, 1.807) is 18.2 Å². The number of amides is 1. The lowest BCUT2D eigenvalue weighted by atomic mass is 10.1. The van der Waals surface area contributed by atoms with Crippen LogP contribution in [0.25, 0.3) is 0 Å². The molecule has 2 atom stereocenters. The number of anilines is 2. The quantitative estimate of drug-likeness (QED) is 0.757. The Morgan fingerprint density at radius 3 is 2.79 bits per heavy atom. The Morgan fingerprint density at radius 2 is 2.03 bits per heavy atom. The van der Waals surface area contributed by atoms with E-state index in [0.717, 1.165) is 23.4 Å². The summed E-state index contributed by atoms with van der Waals surface area (Å²) in [4.78, 5) is 14.6. The summed E-state index contributed by atoms with van der Waals surface area (Å²) in [5, 5.41) is 2.91. The number of nitrogens with zero attached hydrogens (tertiary/aromatic N) is 1. The van der Waals surface area contributed by atoms with Gasteiger partial charge in [-0.1, -0.05) is 19.1 Å². The summed E-state index contributed by atoms with van der Waals surface area (Å²) in [7, 11) is -3.71. The van der Waals surface area contributed by atoms with Crippen molar-refractivity contribution in [3.05, 3.63) is 48.0 Å². The molecule has 8 heteroatoms. The van der Waals surface area contributed by atoms with Crippen LogP contribution in [0.15, 0.2) is 47.4 Å². The van der Waals surface area contributed by atoms with Gasteiger partial charge in [-0.05, 0) is 55.7 Å².